The molecule has 98 valence electrons. The maximum Gasteiger partial charge on any atom is 0.253 e. The zero-order valence-corrected chi connectivity index (χ0v) is 11.0. The summed E-state index contributed by atoms with van der Waals surface area (Å²) >= 11 is 6.00. The predicted octanol–water partition coefficient (Wildman–Crippen LogP) is 1.95. The second kappa shape index (κ2) is 5.59. The number of carbonyl (C=O) groups is 1. The topological polar surface area (TPSA) is 49.8 Å². The first-order chi connectivity index (χ1) is 8.61. The molecular weight excluding hydrogens is 254 g/mol. The fourth-order valence-electron chi connectivity index (χ4n) is 2.12. The van der Waals surface area contributed by atoms with Crippen LogP contribution in [0.4, 0.5) is 0 Å². The molecule has 1 aromatic rings. The predicted molar refractivity (Wildman–Crippen MR) is 69.1 cm³/mol. The van der Waals surface area contributed by atoms with Crippen LogP contribution in [-0.4, -0.2) is 42.2 Å². The molecule has 1 aromatic carbocycles. The summed E-state index contributed by atoms with van der Waals surface area (Å²) in [4.78, 5) is 13.9. The fourth-order valence-corrected chi connectivity index (χ4v) is 2.38. The molecular formula is C13H16ClNO3. The second-order valence-corrected chi connectivity index (χ2v) is 4.80. The van der Waals surface area contributed by atoms with Gasteiger partial charge in [0.1, 0.15) is 5.75 Å². The van der Waals surface area contributed by atoms with Crippen LogP contribution in [0.1, 0.15) is 23.2 Å². The minimum atomic E-state index is -0.420. The molecule has 0 radical (unpaired) electrons. The summed E-state index contributed by atoms with van der Waals surface area (Å²) in [6.45, 7) is 1.07. The Hall–Kier alpha value is -1.26. The number of amides is 1. The standard InChI is InChI=1S/C13H16ClNO3/c1-18-12-5-4-9(7-11(12)14)13(17)15-6-2-3-10(16)8-15/h4-5,7,10,16H,2-3,6,8H2,1H3. The third-order valence-corrected chi connectivity index (χ3v) is 3.38. The number of nitrogens with zero attached hydrogens (tertiary/aromatic N) is 1. The van der Waals surface area contributed by atoms with Crippen LogP contribution in [0.3, 0.4) is 0 Å². The van der Waals surface area contributed by atoms with Gasteiger partial charge >= 0.3 is 0 Å². The van der Waals surface area contributed by atoms with Crippen molar-refractivity contribution in [1.29, 1.82) is 0 Å². The second-order valence-electron chi connectivity index (χ2n) is 4.40. The molecule has 1 N–H and O–H groups in total. The van der Waals surface area contributed by atoms with Gasteiger partial charge in [0.15, 0.2) is 0 Å². The van der Waals surface area contributed by atoms with Crippen LogP contribution < -0.4 is 4.74 Å². The van der Waals surface area contributed by atoms with Crippen molar-refractivity contribution in [1.82, 2.24) is 4.90 Å². The number of aliphatic hydroxyl groups is 1. The van der Waals surface area contributed by atoms with Gasteiger partial charge in [0, 0.05) is 18.7 Å². The minimum absolute atomic E-state index is 0.0988. The Bertz CT molecular complexity index is 450. The third kappa shape index (κ3) is 2.76. The van der Waals surface area contributed by atoms with Crippen LogP contribution in [0, 0.1) is 0 Å². The normalized spacial score (nSPS) is 19.7. The van der Waals surface area contributed by atoms with E-state index in [9.17, 15) is 9.90 Å². The highest BCUT2D eigenvalue weighted by Gasteiger charge is 2.23. The van der Waals surface area contributed by atoms with Crippen LogP contribution in [0.15, 0.2) is 18.2 Å². The number of carbonyl (C=O) groups excluding carboxylic acids is 1. The monoisotopic (exact) mass is 269 g/mol. The summed E-state index contributed by atoms with van der Waals surface area (Å²) in [6.07, 6.45) is 1.17. The Kier molecular flexibility index (Phi) is 4.09. The number of likely N-dealkylation sites (tertiary alicyclic amines) is 1. The number of rotatable bonds is 2. The first kappa shape index (κ1) is 13.2. The molecule has 1 unspecified atom stereocenters. The molecule has 18 heavy (non-hydrogen) atoms. The molecule has 0 saturated carbocycles. The van der Waals surface area contributed by atoms with Crippen molar-refractivity contribution >= 4 is 17.5 Å². The van der Waals surface area contributed by atoms with Gasteiger partial charge in [-0.25, -0.2) is 0 Å². The van der Waals surface area contributed by atoms with Crippen LogP contribution in [-0.2, 0) is 0 Å². The molecule has 0 bridgehead atoms. The van der Waals surface area contributed by atoms with Gasteiger partial charge in [0.05, 0.1) is 18.2 Å². The summed E-state index contributed by atoms with van der Waals surface area (Å²) in [5, 5.41) is 9.99. The molecule has 1 aliphatic heterocycles. The number of methoxy groups -OCH3 is 1. The summed E-state index contributed by atoms with van der Waals surface area (Å²) in [5.74, 6) is 0.449. The number of ether oxygens (including phenoxy) is 1. The van der Waals surface area contributed by atoms with Gasteiger partial charge in [-0.05, 0) is 31.0 Å². The number of halogens is 1. The first-order valence-electron chi connectivity index (χ1n) is 5.92. The number of hydrogen-bond donors (Lipinski definition) is 1. The van der Waals surface area contributed by atoms with Crippen molar-refractivity contribution in [2.75, 3.05) is 20.2 Å². The lowest BCUT2D eigenvalue weighted by Crippen LogP contribution is -2.42. The van der Waals surface area contributed by atoms with E-state index in [-0.39, 0.29) is 5.91 Å². The molecule has 1 heterocycles. The lowest BCUT2D eigenvalue weighted by atomic mass is 10.1. The Morgan fingerprint density at radius 2 is 2.33 bits per heavy atom. The molecule has 1 aliphatic rings. The van der Waals surface area contributed by atoms with Crippen LogP contribution in [0.25, 0.3) is 0 Å². The molecule has 4 nitrogen and oxygen atoms in total. The zero-order valence-electron chi connectivity index (χ0n) is 10.2. The molecule has 1 fully saturated rings. The largest absolute Gasteiger partial charge is 0.495 e. The van der Waals surface area contributed by atoms with E-state index in [2.05, 4.69) is 0 Å². The summed E-state index contributed by atoms with van der Waals surface area (Å²) in [6, 6.07) is 4.97. The highest BCUT2D eigenvalue weighted by atomic mass is 35.5. The van der Waals surface area contributed by atoms with Crippen LogP contribution in [0.2, 0.25) is 5.02 Å². The van der Waals surface area contributed by atoms with E-state index < -0.39 is 6.10 Å². The van der Waals surface area contributed by atoms with Crippen molar-refractivity contribution in [2.45, 2.75) is 18.9 Å². The van der Waals surface area contributed by atoms with Crippen LogP contribution in [0.5, 0.6) is 5.75 Å². The maximum atomic E-state index is 12.2. The van der Waals surface area contributed by atoms with E-state index in [1.807, 2.05) is 0 Å². The Morgan fingerprint density at radius 3 is 2.94 bits per heavy atom. The van der Waals surface area contributed by atoms with Crippen molar-refractivity contribution in [3.63, 3.8) is 0 Å². The molecule has 1 saturated heterocycles. The van der Waals surface area contributed by atoms with Crippen molar-refractivity contribution in [3.05, 3.63) is 28.8 Å². The molecule has 0 aromatic heterocycles. The van der Waals surface area contributed by atoms with E-state index in [0.717, 1.165) is 12.8 Å². The average molecular weight is 270 g/mol. The lowest BCUT2D eigenvalue weighted by molar-refractivity contribution is 0.0473. The van der Waals surface area contributed by atoms with Gasteiger partial charge in [-0.1, -0.05) is 11.6 Å². The van der Waals surface area contributed by atoms with Gasteiger partial charge in [0.25, 0.3) is 5.91 Å². The summed E-state index contributed by atoms with van der Waals surface area (Å²) in [5.41, 5.74) is 0.523. The number of β-amino-alcohol motifs (C(OH)–C–C–N with tert-alkyl or cyclic N) is 1. The summed E-state index contributed by atoms with van der Waals surface area (Å²) < 4.78 is 5.05. The van der Waals surface area contributed by atoms with Crippen LogP contribution >= 0.6 is 11.6 Å². The van der Waals surface area contributed by atoms with Crippen molar-refractivity contribution < 1.29 is 14.6 Å². The molecule has 0 spiro atoms. The maximum absolute atomic E-state index is 12.2. The molecule has 0 aliphatic carbocycles. The zero-order chi connectivity index (χ0) is 13.1. The van der Waals surface area contributed by atoms with Gasteiger partial charge in [-0.2, -0.15) is 0 Å². The number of piperidine rings is 1. The van der Waals surface area contributed by atoms with Crippen molar-refractivity contribution in [3.8, 4) is 5.75 Å². The Labute approximate surface area is 111 Å². The number of aliphatic hydroxyl groups excluding tert-OH is 1. The van der Waals surface area contributed by atoms with E-state index in [4.69, 9.17) is 16.3 Å². The highest BCUT2D eigenvalue weighted by Crippen LogP contribution is 2.26. The van der Waals surface area contributed by atoms with E-state index in [1.54, 1.807) is 23.1 Å². The fraction of sp³-hybridized carbons (Fsp3) is 0.462. The highest BCUT2D eigenvalue weighted by molar-refractivity contribution is 6.32. The summed E-state index contributed by atoms with van der Waals surface area (Å²) in [7, 11) is 1.53. The molecule has 2 rings (SSSR count). The van der Waals surface area contributed by atoms with E-state index in [0.29, 0.717) is 29.4 Å². The third-order valence-electron chi connectivity index (χ3n) is 3.08. The van der Waals surface area contributed by atoms with Crippen molar-refractivity contribution in [2.24, 2.45) is 0 Å². The SMILES string of the molecule is COc1ccc(C(=O)N2CCCC(O)C2)cc1Cl. The molecule has 1 amide bonds. The molecule has 5 heteroatoms. The van der Waals surface area contributed by atoms with E-state index in [1.165, 1.54) is 7.11 Å². The van der Waals surface area contributed by atoms with Gasteiger partial charge < -0.3 is 14.7 Å². The lowest BCUT2D eigenvalue weighted by Gasteiger charge is -2.30. The number of hydrogen-bond acceptors (Lipinski definition) is 3. The van der Waals surface area contributed by atoms with Gasteiger partial charge in [-0.15, -0.1) is 0 Å². The first-order valence-corrected chi connectivity index (χ1v) is 6.30. The minimum Gasteiger partial charge on any atom is -0.495 e. The average Bonchev–Trinajstić information content (AvgIpc) is 2.37. The molecule has 1 atom stereocenters. The smallest absolute Gasteiger partial charge is 0.253 e. The quantitative estimate of drug-likeness (QED) is 0.893. The van der Waals surface area contributed by atoms with Gasteiger partial charge in [-0.3, -0.25) is 4.79 Å². The Morgan fingerprint density at radius 1 is 1.56 bits per heavy atom. The number of benzene rings is 1. The van der Waals surface area contributed by atoms with E-state index >= 15 is 0 Å². The Balaban J connectivity index is 2.15. The van der Waals surface area contributed by atoms with Gasteiger partial charge in [0.2, 0.25) is 0 Å².